The van der Waals surface area contributed by atoms with Crippen LogP contribution in [0.15, 0.2) is 18.2 Å². The van der Waals surface area contributed by atoms with Gasteiger partial charge in [-0.15, -0.1) is 11.8 Å². The standard InChI is InChI=1S/C45H50N4O12S/c1-20-12-24-13-26-27(16-46)48-28-17-57-42(53)45(25-15-30(55-8)29(51)14-23(25)10-11-47(45)7)18-62-41(33-32(28)40-39(58-19-59-40)21(2)38(33)60-22(3)50)35(48)34(31(24)36(52)37(20)56-9)49(26)43(54)61-44(4,5)6/h12,14-15,26-28,34-35,41,51-52H,10-11,13,17-19H2,1-9H3/t26-,27-,28-,34-,35?,41+,45+/m0/s1. The zero-order valence-electron chi connectivity index (χ0n) is 36.1. The van der Waals surface area contributed by atoms with Crippen LogP contribution in [-0.2, 0) is 37.4 Å². The van der Waals surface area contributed by atoms with Gasteiger partial charge in [0.05, 0.1) is 49.7 Å². The Labute approximate surface area is 363 Å². The fourth-order valence-electron chi connectivity index (χ4n) is 10.8. The topological polar surface area (TPSA) is 190 Å². The molecule has 1 unspecified atom stereocenters. The molecule has 7 aliphatic heterocycles. The number of methoxy groups -OCH3 is 2. The van der Waals surface area contributed by atoms with Gasteiger partial charge in [0.25, 0.3) is 0 Å². The van der Waals surface area contributed by atoms with Gasteiger partial charge >= 0.3 is 18.0 Å². The van der Waals surface area contributed by atoms with Gasteiger partial charge in [0.15, 0.2) is 40.0 Å². The van der Waals surface area contributed by atoms with Crippen LogP contribution in [0.5, 0.6) is 40.2 Å². The smallest absolute Gasteiger partial charge is 0.411 e. The number of likely N-dealkylation sites (N-methyl/N-ethyl adjacent to an activating group) is 1. The molecule has 16 nitrogen and oxygen atoms in total. The molecule has 3 aromatic rings. The minimum Gasteiger partial charge on any atom is -0.504 e. The summed E-state index contributed by atoms with van der Waals surface area (Å²) in [5, 5.41) is 33.9. The number of esters is 2. The second kappa shape index (κ2) is 14.8. The molecule has 0 aliphatic carbocycles. The number of amides is 1. The van der Waals surface area contributed by atoms with E-state index in [9.17, 15) is 25.1 Å². The molecule has 2 N–H and O–H groups in total. The maximum Gasteiger partial charge on any atom is 0.411 e. The highest BCUT2D eigenvalue weighted by atomic mass is 32.2. The van der Waals surface area contributed by atoms with E-state index in [1.54, 1.807) is 44.7 Å². The number of benzene rings is 3. The Bertz CT molecular complexity index is 2480. The van der Waals surface area contributed by atoms with Crippen LogP contribution in [0, 0.1) is 25.2 Å². The summed E-state index contributed by atoms with van der Waals surface area (Å²) in [7, 11) is 4.77. The van der Waals surface area contributed by atoms with Crippen molar-refractivity contribution in [2.75, 3.05) is 47.0 Å². The number of thioether (sulfide) groups is 1. The number of rotatable bonds is 3. The summed E-state index contributed by atoms with van der Waals surface area (Å²) in [6.45, 7) is 10.3. The normalized spacial score (nSPS) is 27.2. The number of fused-ring (bicyclic) bond motifs is 9. The first-order valence-corrected chi connectivity index (χ1v) is 21.6. The highest BCUT2D eigenvalue weighted by molar-refractivity contribution is 7.99. The van der Waals surface area contributed by atoms with E-state index in [0.717, 1.165) is 11.1 Å². The summed E-state index contributed by atoms with van der Waals surface area (Å²) in [6.07, 6.45) is 0.0440. The second-order valence-electron chi connectivity index (χ2n) is 17.8. The van der Waals surface area contributed by atoms with Crippen molar-refractivity contribution in [3.05, 3.63) is 62.7 Å². The minimum absolute atomic E-state index is 0.0469. The van der Waals surface area contributed by atoms with Crippen molar-refractivity contribution in [1.29, 1.82) is 5.26 Å². The molecule has 0 aromatic heterocycles. The Morgan fingerprint density at radius 3 is 2.42 bits per heavy atom. The SMILES string of the molecule is COc1cc2c(cc1O)CCN(C)[C@]21CS[C@@H]2c3c(OC(C)=O)c(C)c4c(c3[C@H](COC1=O)N1C2[C@@H]2c3c(cc(C)c(OC)c3O)C[C@@H]([C@@H]1C#N)N2C(=O)OC(C)(C)C)OCO4. The van der Waals surface area contributed by atoms with Gasteiger partial charge in [0.2, 0.25) is 6.79 Å². The molecule has 7 heterocycles. The predicted molar refractivity (Wildman–Crippen MR) is 223 cm³/mol. The molecule has 328 valence electrons. The Hall–Kier alpha value is -5.57. The molecule has 1 spiro atoms. The first-order valence-electron chi connectivity index (χ1n) is 20.6. The number of nitriles is 1. The lowest BCUT2D eigenvalue weighted by Crippen LogP contribution is -2.71. The predicted octanol–water partition coefficient (Wildman–Crippen LogP) is 5.63. The van der Waals surface area contributed by atoms with E-state index in [-0.39, 0.29) is 54.3 Å². The van der Waals surface area contributed by atoms with Gasteiger partial charge in [-0.2, -0.15) is 5.26 Å². The molecular weight excluding hydrogens is 821 g/mol. The monoisotopic (exact) mass is 870 g/mol. The molecule has 0 radical (unpaired) electrons. The van der Waals surface area contributed by atoms with Crippen molar-refractivity contribution >= 4 is 29.8 Å². The summed E-state index contributed by atoms with van der Waals surface area (Å²) in [5.41, 5.74) is 2.45. The van der Waals surface area contributed by atoms with E-state index < -0.39 is 64.6 Å². The van der Waals surface area contributed by atoms with Crippen molar-refractivity contribution < 1.29 is 57.8 Å². The van der Waals surface area contributed by atoms with Crippen molar-refractivity contribution in [1.82, 2.24) is 14.7 Å². The summed E-state index contributed by atoms with van der Waals surface area (Å²) in [6, 6.07) is 3.21. The lowest BCUT2D eigenvalue weighted by Gasteiger charge is -2.62. The first-order chi connectivity index (χ1) is 29.5. The molecule has 7 atom stereocenters. The van der Waals surface area contributed by atoms with Crippen molar-refractivity contribution in [2.45, 2.75) is 101 Å². The maximum atomic E-state index is 15.1. The molecule has 10 rings (SSSR count). The summed E-state index contributed by atoms with van der Waals surface area (Å²) >= 11 is 1.38. The van der Waals surface area contributed by atoms with Crippen LogP contribution in [0.1, 0.15) is 89.5 Å². The van der Waals surface area contributed by atoms with Crippen LogP contribution in [0.4, 0.5) is 4.79 Å². The Kier molecular flexibility index (Phi) is 9.95. The molecule has 0 saturated carbocycles. The number of phenolic OH excluding ortho intramolecular Hbond substituents is 2. The highest BCUT2D eigenvalue weighted by Gasteiger charge is 2.64. The van der Waals surface area contributed by atoms with Crippen LogP contribution >= 0.6 is 11.8 Å². The van der Waals surface area contributed by atoms with Crippen LogP contribution in [0.2, 0.25) is 0 Å². The zero-order valence-corrected chi connectivity index (χ0v) is 36.9. The average molecular weight is 871 g/mol. The van der Waals surface area contributed by atoms with Gasteiger partial charge in [-0.25, -0.2) is 9.59 Å². The van der Waals surface area contributed by atoms with Gasteiger partial charge in [-0.3, -0.25) is 19.5 Å². The number of aryl methyl sites for hydroxylation is 1. The van der Waals surface area contributed by atoms with E-state index >= 15 is 4.79 Å². The Morgan fingerprint density at radius 2 is 1.74 bits per heavy atom. The summed E-state index contributed by atoms with van der Waals surface area (Å²) in [5.74, 6) is 0.108. The lowest BCUT2D eigenvalue weighted by molar-refractivity contribution is -0.163. The molecule has 3 aromatic carbocycles. The number of hydrogen-bond acceptors (Lipinski definition) is 16. The molecular formula is C45H50N4O12S. The lowest BCUT2D eigenvalue weighted by atomic mass is 9.71. The molecule has 4 bridgehead atoms. The Balaban J connectivity index is 1.37. The van der Waals surface area contributed by atoms with Crippen molar-refractivity contribution in [3.8, 4) is 46.3 Å². The van der Waals surface area contributed by atoms with E-state index in [2.05, 4.69) is 6.07 Å². The van der Waals surface area contributed by atoms with Crippen LogP contribution in [0.3, 0.4) is 0 Å². The number of ether oxygens (including phenoxy) is 7. The molecule has 17 heteroatoms. The van der Waals surface area contributed by atoms with E-state index in [1.807, 2.05) is 29.8 Å². The minimum atomic E-state index is -1.43. The highest BCUT2D eigenvalue weighted by Crippen LogP contribution is 2.65. The fourth-order valence-corrected chi connectivity index (χ4v) is 12.6. The first kappa shape index (κ1) is 41.8. The number of hydrogen-bond donors (Lipinski definition) is 2. The summed E-state index contributed by atoms with van der Waals surface area (Å²) in [4.78, 5) is 48.7. The van der Waals surface area contributed by atoms with Crippen molar-refractivity contribution in [2.24, 2.45) is 0 Å². The maximum absolute atomic E-state index is 15.1. The molecule has 2 saturated heterocycles. The van der Waals surface area contributed by atoms with E-state index in [1.165, 1.54) is 32.9 Å². The zero-order chi connectivity index (χ0) is 44.3. The van der Waals surface area contributed by atoms with Gasteiger partial charge in [0, 0.05) is 41.5 Å². The Morgan fingerprint density at radius 1 is 1.00 bits per heavy atom. The third-order valence-corrected chi connectivity index (χ3v) is 14.7. The van der Waals surface area contributed by atoms with E-state index in [0.29, 0.717) is 57.8 Å². The van der Waals surface area contributed by atoms with Gasteiger partial charge in [-0.05, 0) is 88.9 Å². The van der Waals surface area contributed by atoms with Crippen LogP contribution in [-0.4, -0.2) is 114 Å². The summed E-state index contributed by atoms with van der Waals surface area (Å²) < 4.78 is 42.6. The number of carbonyl (C=O) groups excluding carboxylic acids is 3. The number of carbonyl (C=O) groups is 3. The van der Waals surface area contributed by atoms with Crippen LogP contribution in [0.25, 0.3) is 0 Å². The van der Waals surface area contributed by atoms with Crippen LogP contribution < -0.4 is 23.7 Å². The molecule has 2 fully saturated rings. The van der Waals surface area contributed by atoms with Gasteiger partial charge < -0.3 is 43.4 Å². The van der Waals surface area contributed by atoms with E-state index in [4.69, 9.17) is 33.2 Å². The third-order valence-electron chi connectivity index (χ3n) is 13.2. The molecule has 1 amide bonds. The fraction of sp³-hybridized carbons (Fsp3) is 0.511. The number of piperazine rings is 1. The van der Waals surface area contributed by atoms with Crippen molar-refractivity contribution in [3.63, 3.8) is 0 Å². The van der Waals surface area contributed by atoms with Gasteiger partial charge in [0.1, 0.15) is 24.0 Å². The third kappa shape index (κ3) is 5.96. The quantitative estimate of drug-likeness (QED) is 0.243. The number of phenols is 2. The second-order valence-corrected chi connectivity index (χ2v) is 18.9. The molecule has 62 heavy (non-hydrogen) atoms. The van der Waals surface area contributed by atoms with Gasteiger partial charge in [-0.1, -0.05) is 6.07 Å². The average Bonchev–Trinajstić information content (AvgIpc) is 3.70. The largest absolute Gasteiger partial charge is 0.504 e. The molecule has 7 aliphatic rings. The number of nitrogens with zero attached hydrogens (tertiary/aromatic N) is 4. The number of aromatic hydroxyl groups is 2.